The van der Waals surface area contributed by atoms with Gasteiger partial charge in [-0.25, -0.2) is 0 Å². The Morgan fingerprint density at radius 1 is 1.08 bits per heavy atom. The molecule has 3 aromatic rings. The number of amides is 2. The fraction of sp³-hybridized carbons (Fsp3) is 0.148. The Labute approximate surface area is 206 Å². The normalized spacial score (nSPS) is 14.8. The summed E-state index contributed by atoms with van der Waals surface area (Å²) < 4.78 is 10.9. The van der Waals surface area contributed by atoms with Crippen molar-refractivity contribution in [2.24, 2.45) is 0 Å². The van der Waals surface area contributed by atoms with Crippen LogP contribution in [-0.2, 0) is 16.0 Å². The topological polar surface area (TPSA) is 127 Å². The zero-order valence-electron chi connectivity index (χ0n) is 19.6. The summed E-state index contributed by atoms with van der Waals surface area (Å²) in [5.74, 6) is 0.0111. The van der Waals surface area contributed by atoms with Crippen molar-refractivity contribution in [1.29, 1.82) is 5.26 Å². The second-order valence-electron chi connectivity index (χ2n) is 8.01. The van der Waals surface area contributed by atoms with E-state index >= 15 is 0 Å². The zero-order chi connectivity index (χ0) is 25.8. The Kier molecular flexibility index (Phi) is 6.79. The van der Waals surface area contributed by atoms with E-state index < -0.39 is 16.7 Å². The highest BCUT2D eigenvalue weighted by Crippen LogP contribution is 2.33. The molecule has 9 heteroatoms. The van der Waals surface area contributed by atoms with Gasteiger partial charge in [-0.1, -0.05) is 24.3 Å². The van der Waals surface area contributed by atoms with Gasteiger partial charge in [0, 0.05) is 18.2 Å². The number of hydrogen-bond acceptors (Lipinski definition) is 7. The molecule has 2 amide bonds. The monoisotopic (exact) mass is 483 g/mol. The first-order chi connectivity index (χ1) is 17.3. The van der Waals surface area contributed by atoms with Gasteiger partial charge in [0.15, 0.2) is 0 Å². The molecule has 2 aromatic carbocycles. The molecule has 0 aliphatic carbocycles. The largest absolute Gasteiger partial charge is 0.497 e. The molecule has 1 aliphatic heterocycles. The van der Waals surface area contributed by atoms with Crippen LogP contribution in [0.15, 0.2) is 81.8 Å². The SMILES string of the molecule is COc1ccc(CCN2C(=O)C(C#N)=C(C)/C(=C\c3ccc(-c4ccccc4[N+](=O)[O-])o3)C2=O)cc1. The summed E-state index contributed by atoms with van der Waals surface area (Å²) in [7, 11) is 1.56. The second-order valence-corrected chi connectivity index (χ2v) is 8.01. The van der Waals surface area contributed by atoms with E-state index in [1.807, 2.05) is 18.2 Å². The van der Waals surface area contributed by atoms with Crippen molar-refractivity contribution in [2.45, 2.75) is 13.3 Å². The third kappa shape index (κ3) is 4.65. The van der Waals surface area contributed by atoms with E-state index in [0.29, 0.717) is 17.7 Å². The molecule has 0 bridgehead atoms. The van der Waals surface area contributed by atoms with Crippen molar-refractivity contribution < 1.29 is 23.7 Å². The van der Waals surface area contributed by atoms with Gasteiger partial charge >= 0.3 is 0 Å². The molecule has 0 atom stereocenters. The maximum atomic E-state index is 13.3. The number of hydrogen-bond donors (Lipinski definition) is 0. The smallest absolute Gasteiger partial charge is 0.280 e. The Hall–Kier alpha value is -4.97. The molecule has 0 saturated carbocycles. The summed E-state index contributed by atoms with van der Waals surface area (Å²) in [6.07, 6.45) is 1.84. The van der Waals surface area contributed by atoms with Gasteiger partial charge in [0.05, 0.1) is 17.6 Å². The average molecular weight is 483 g/mol. The molecule has 180 valence electrons. The molecule has 1 aromatic heterocycles. The van der Waals surface area contributed by atoms with Crippen molar-refractivity contribution in [2.75, 3.05) is 13.7 Å². The van der Waals surface area contributed by atoms with Crippen molar-refractivity contribution >= 4 is 23.6 Å². The van der Waals surface area contributed by atoms with Crippen molar-refractivity contribution in [3.8, 4) is 23.1 Å². The molecule has 4 rings (SSSR count). The number of carbonyl (C=O) groups is 2. The summed E-state index contributed by atoms with van der Waals surface area (Å²) in [5.41, 5.74) is 1.34. The van der Waals surface area contributed by atoms with Gasteiger partial charge in [-0.05, 0) is 60.9 Å². The van der Waals surface area contributed by atoms with E-state index in [9.17, 15) is 25.0 Å². The van der Waals surface area contributed by atoms with Crippen LogP contribution in [0.4, 0.5) is 5.69 Å². The Balaban J connectivity index is 1.64. The highest BCUT2D eigenvalue weighted by molar-refractivity contribution is 6.19. The van der Waals surface area contributed by atoms with Crippen LogP contribution >= 0.6 is 0 Å². The number of nitrogens with zero attached hydrogens (tertiary/aromatic N) is 3. The second kappa shape index (κ2) is 10.1. The molecule has 0 unspecified atom stereocenters. The molecule has 0 fully saturated rings. The number of nitro groups is 1. The number of benzene rings is 2. The Morgan fingerprint density at radius 2 is 1.81 bits per heavy atom. The van der Waals surface area contributed by atoms with Crippen LogP contribution in [0.1, 0.15) is 18.2 Å². The number of methoxy groups -OCH3 is 1. The Bertz CT molecular complexity index is 1460. The van der Waals surface area contributed by atoms with Crippen LogP contribution < -0.4 is 4.74 Å². The highest BCUT2D eigenvalue weighted by Gasteiger charge is 2.35. The van der Waals surface area contributed by atoms with E-state index in [1.165, 1.54) is 19.1 Å². The minimum atomic E-state index is -0.647. The average Bonchev–Trinajstić information content (AvgIpc) is 3.35. The number of rotatable bonds is 7. The minimum Gasteiger partial charge on any atom is -0.497 e. The predicted octanol–water partition coefficient (Wildman–Crippen LogP) is 4.70. The standard InChI is InChI=1S/C27H21N3O6/c1-17-22(15-20-11-12-25(36-20)21-5-3-4-6-24(21)30(33)34)26(31)29(27(32)23(17)16-28)14-13-18-7-9-19(35-2)10-8-18/h3-12,15H,13-14H2,1-2H3/b22-15+. The summed E-state index contributed by atoms with van der Waals surface area (Å²) in [5, 5.41) is 21.0. The number of ether oxygens (including phenoxy) is 1. The lowest BCUT2D eigenvalue weighted by atomic mass is 9.94. The number of furan rings is 1. The molecule has 9 nitrogen and oxygen atoms in total. The molecule has 0 saturated heterocycles. The van der Waals surface area contributed by atoms with Crippen LogP contribution in [0, 0.1) is 21.4 Å². The maximum Gasteiger partial charge on any atom is 0.280 e. The van der Waals surface area contributed by atoms with Crippen LogP contribution in [0.3, 0.4) is 0 Å². The van der Waals surface area contributed by atoms with Crippen LogP contribution in [0.25, 0.3) is 17.4 Å². The minimum absolute atomic E-state index is 0.0827. The lowest BCUT2D eigenvalue weighted by molar-refractivity contribution is -0.384. The van der Waals surface area contributed by atoms with Gasteiger partial charge in [-0.2, -0.15) is 5.26 Å². The summed E-state index contributed by atoms with van der Waals surface area (Å²) in [6, 6.07) is 18.5. The van der Waals surface area contributed by atoms with E-state index in [2.05, 4.69) is 0 Å². The first-order valence-electron chi connectivity index (χ1n) is 11.0. The number of carbonyl (C=O) groups excluding carboxylic acids is 2. The van der Waals surface area contributed by atoms with Crippen LogP contribution in [0.5, 0.6) is 5.75 Å². The zero-order valence-corrected chi connectivity index (χ0v) is 19.6. The molecule has 0 spiro atoms. The highest BCUT2D eigenvalue weighted by atomic mass is 16.6. The van der Waals surface area contributed by atoms with E-state index in [0.717, 1.165) is 10.5 Å². The fourth-order valence-corrected chi connectivity index (χ4v) is 3.92. The number of para-hydroxylation sites is 1. The Morgan fingerprint density at radius 3 is 2.47 bits per heavy atom. The van der Waals surface area contributed by atoms with Crippen molar-refractivity contribution in [3.63, 3.8) is 0 Å². The van der Waals surface area contributed by atoms with Gasteiger partial charge in [0.2, 0.25) is 0 Å². The van der Waals surface area contributed by atoms with Gasteiger partial charge < -0.3 is 9.15 Å². The summed E-state index contributed by atoms with van der Waals surface area (Å²) >= 11 is 0. The van der Waals surface area contributed by atoms with Crippen molar-refractivity contribution in [1.82, 2.24) is 4.90 Å². The maximum absolute atomic E-state index is 13.3. The molecule has 0 radical (unpaired) electrons. The van der Waals surface area contributed by atoms with E-state index in [-0.39, 0.29) is 40.5 Å². The number of nitro benzene ring substituents is 1. The van der Waals surface area contributed by atoms with Crippen molar-refractivity contribution in [3.05, 3.63) is 98.8 Å². The van der Waals surface area contributed by atoms with E-state index in [1.54, 1.807) is 49.6 Å². The van der Waals surface area contributed by atoms with Gasteiger partial charge in [0.25, 0.3) is 17.5 Å². The third-order valence-electron chi connectivity index (χ3n) is 5.89. The van der Waals surface area contributed by atoms with Gasteiger partial charge in [0.1, 0.15) is 28.9 Å². The molecule has 36 heavy (non-hydrogen) atoms. The van der Waals surface area contributed by atoms with Crippen LogP contribution in [0.2, 0.25) is 0 Å². The van der Waals surface area contributed by atoms with E-state index in [4.69, 9.17) is 9.15 Å². The molecule has 1 aliphatic rings. The molecular weight excluding hydrogens is 462 g/mol. The first kappa shape index (κ1) is 24.2. The molecule has 0 N–H and O–H groups in total. The lowest BCUT2D eigenvalue weighted by Crippen LogP contribution is -2.43. The van der Waals surface area contributed by atoms with Gasteiger partial charge in [-0.15, -0.1) is 0 Å². The third-order valence-corrected chi connectivity index (χ3v) is 5.89. The molecular formula is C27H21N3O6. The summed E-state index contributed by atoms with van der Waals surface area (Å²) in [6.45, 7) is 1.62. The number of nitriles is 1. The van der Waals surface area contributed by atoms with Crippen LogP contribution in [-0.4, -0.2) is 35.3 Å². The van der Waals surface area contributed by atoms with Gasteiger partial charge in [-0.3, -0.25) is 24.6 Å². The number of imide groups is 1. The molecule has 2 heterocycles. The fourth-order valence-electron chi connectivity index (χ4n) is 3.92. The summed E-state index contributed by atoms with van der Waals surface area (Å²) in [4.78, 5) is 38.1. The lowest BCUT2D eigenvalue weighted by Gasteiger charge is -2.27. The first-order valence-corrected chi connectivity index (χ1v) is 11.0. The predicted molar refractivity (Wildman–Crippen MR) is 131 cm³/mol. The quantitative estimate of drug-likeness (QED) is 0.206.